The van der Waals surface area contributed by atoms with E-state index in [0.29, 0.717) is 12.1 Å². The van der Waals surface area contributed by atoms with Crippen LogP contribution >= 0.6 is 0 Å². The van der Waals surface area contributed by atoms with Crippen LogP contribution in [0.4, 0.5) is 11.4 Å². The van der Waals surface area contributed by atoms with Crippen molar-refractivity contribution >= 4 is 23.7 Å². The zero-order valence-corrected chi connectivity index (χ0v) is 13.2. The average molecular weight is 307 g/mol. The summed E-state index contributed by atoms with van der Waals surface area (Å²) in [6.45, 7) is 5.71. The number of carbonyl (C=O) groups is 1. The van der Waals surface area contributed by atoms with Crippen LogP contribution in [0.5, 0.6) is 0 Å². The summed E-state index contributed by atoms with van der Waals surface area (Å²) in [4.78, 5) is 15.1. The number of hydrogen-bond acceptors (Lipinski definition) is 4. The number of nitrogens with zero attached hydrogens (tertiary/aromatic N) is 1. The van der Waals surface area contributed by atoms with E-state index in [0.717, 1.165) is 47.0 Å². The van der Waals surface area contributed by atoms with Gasteiger partial charge in [-0.05, 0) is 54.3 Å². The molecule has 0 aromatic heterocycles. The van der Waals surface area contributed by atoms with Crippen LogP contribution in [0.3, 0.4) is 0 Å². The van der Waals surface area contributed by atoms with Crippen molar-refractivity contribution in [2.75, 3.05) is 23.7 Å². The molecule has 0 saturated carbocycles. The predicted octanol–water partition coefficient (Wildman–Crippen LogP) is 2.71. The fourth-order valence-corrected chi connectivity index (χ4v) is 2.81. The summed E-state index contributed by atoms with van der Waals surface area (Å²) >= 11 is 0. The monoisotopic (exact) mass is 307 g/mol. The largest absolute Gasteiger partial charge is 0.354 e. The first-order valence-electron chi connectivity index (χ1n) is 7.57. The molecule has 1 amide bonds. The van der Waals surface area contributed by atoms with Crippen LogP contribution in [0, 0.1) is 19.9 Å². The van der Waals surface area contributed by atoms with Gasteiger partial charge in [0.1, 0.15) is 0 Å². The SMILES string of the molecule is Cc1c[c]c(NC=O)c(C)c1-c1cccc(NC2=NCCN2)c1. The van der Waals surface area contributed by atoms with Crippen LogP contribution < -0.4 is 16.0 Å². The molecule has 1 heterocycles. The van der Waals surface area contributed by atoms with Crippen LogP contribution in [0.1, 0.15) is 11.1 Å². The van der Waals surface area contributed by atoms with E-state index in [4.69, 9.17) is 0 Å². The highest BCUT2D eigenvalue weighted by molar-refractivity contribution is 5.95. The van der Waals surface area contributed by atoms with E-state index >= 15 is 0 Å². The number of amides is 1. The molecule has 0 bridgehead atoms. The Labute approximate surface area is 135 Å². The van der Waals surface area contributed by atoms with Gasteiger partial charge in [-0.25, -0.2) is 0 Å². The lowest BCUT2D eigenvalue weighted by Crippen LogP contribution is -2.26. The topological polar surface area (TPSA) is 65.5 Å². The zero-order valence-electron chi connectivity index (χ0n) is 13.2. The molecule has 5 nitrogen and oxygen atoms in total. The Morgan fingerprint density at radius 3 is 2.96 bits per heavy atom. The number of carbonyl (C=O) groups excluding carboxylic acids is 1. The van der Waals surface area contributed by atoms with Gasteiger partial charge in [0.15, 0.2) is 5.96 Å². The van der Waals surface area contributed by atoms with Gasteiger partial charge in [-0.2, -0.15) is 0 Å². The fourth-order valence-electron chi connectivity index (χ4n) is 2.81. The number of rotatable bonds is 4. The zero-order chi connectivity index (χ0) is 16.2. The number of nitrogens with one attached hydrogen (secondary N) is 3. The number of aryl methyl sites for hydroxylation is 1. The van der Waals surface area contributed by atoms with Crippen LogP contribution in [0.25, 0.3) is 11.1 Å². The third-order valence-electron chi connectivity index (χ3n) is 3.87. The minimum Gasteiger partial charge on any atom is -0.354 e. The van der Waals surface area contributed by atoms with E-state index in [1.165, 1.54) is 0 Å². The molecular formula is C18H19N4O. The van der Waals surface area contributed by atoms with Crippen LogP contribution in [0.2, 0.25) is 0 Å². The highest BCUT2D eigenvalue weighted by Gasteiger charge is 2.11. The molecular weight excluding hydrogens is 288 g/mol. The van der Waals surface area contributed by atoms with E-state index in [-0.39, 0.29) is 0 Å². The average Bonchev–Trinajstić information content (AvgIpc) is 3.04. The maximum Gasteiger partial charge on any atom is 0.211 e. The highest BCUT2D eigenvalue weighted by atomic mass is 16.1. The first-order valence-corrected chi connectivity index (χ1v) is 7.57. The molecule has 2 aromatic carbocycles. The van der Waals surface area contributed by atoms with Crippen molar-refractivity contribution in [3.63, 3.8) is 0 Å². The molecule has 5 heteroatoms. The van der Waals surface area contributed by atoms with Crippen molar-refractivity contribution in [2.45, 2.75) is 13.8 Å². The Hall–Kier alpha value is -2.82. The molecule has 3 rings (SSSR count). The molecule has 0 fully saturated rings. The number of anilines is 2. The summed E-state index contributed by atoms with van der Waals surface area (Å²) in [6, 6.07) is 13.2. The van der Waals surface area contributed by atoms with E-state index < -0.39 is 0 Å². The quantitative estimate of drug-likeness (QED) is 0.761. The van der Waals surface area contributed by atoms with Crippen molar-refractivity contribution in [3.8, 4) is 11.1 Å². The molecule has 0 saturated heterocycles. The maximum absolute atomic E-state index is 10.7. The molecule has 0 spiro atoms. The van der Waals surface area contributed by atoms with Gasteiger partial charge in [0.25, 0.3) is 0 Å². The Morgan fingerprint density at radius 1 is 1.35 bits per heavy atom. The number of hydrogen-bond donors (Lipinski definition) is 3. The summed E-state index contributed by atoms with van der Waals surface area (Å²) < 4.78 is 0. The summed E-state index contributed by atoms with van der Waals surface area (Å²) in [6.07, 6.45) is 0.680. The van der Waals surface area contributed by atoms with Gasteiger partial charge in [0.05, 0.1) is 12.2 Å². The van der Waals surface area contributed by atoms with Crippen molar-refractivity contribution < 1.29 is 4.79 Å². The molecule has 0 atom stereocenters. The van der Waals surface area contributed by atoms with Crippen LogP contribution in [0.15, 0.2) is 35.3 Å². The van der Waals surface area contributed by atoms with E-state index in [1.807, 2.05) is 32.0 Å². The summed E-state index contributed by atoms with van der Waals surface area (Å²) in [5.74, 6) is 0.806. The minimum absolute atomic E-state index is 0.680. The lowest BCUT2D eigenvalue weighted by molar-refractivity contribution is -0.105. The number of guanidine groups is 1. The molecule has 0 unspecified atom stereocenters. The molecule has 1 aliphatic rings. The molecule has 117 valence electrons. The molecule has 23 heavy (non-hydrogen) atoms. The summed E-state index contributed by atoms with van der Waals surface area (Å²) in [7, 11) is 0. The van der Waals surface area contributed by atoms with Gasteiger partial charge < -0.3 is 16.0 Å². The Morgan fingerprint density at radius 2 is 2.22 bits per heavy atom. The first kappa shape index (κ1) is 15.1. The van der Waals surface area contributed by atoms with Gasteiger partial charge in [0.2, 0.25) is 6.41 Å². The highest BCUT2D eigenvalue weighted by Crippen LogP contribution is 2.32. The second-order valence-corrected chi connectivity index (χ2v) is 5.47. The van der Waals surface area contributed by atoms with Crippen molar-refractivity contribution in [3.05, 3.63) is 47.5 Å². The van der Waals surface area contributed by atoms with Crippen molar-refractivity contribution in [1.29, 1.82) is 0 Å². The maximum atomic E-state index is 10.7. The second-order valence-electron chi connectivity index (χ2n) is 5.47. The van der Waals surface area contributed by atoms with Gasteiger partial charge >= 0.3 is 0 Å². The van der Waals surface area contributed by atoms with Crippen molar-refractivity contribution in [2.24, 2.45) is 4.99 Å². The molecule has 1 radical (unpaired) electrons. The van der Waals surface area contributed by atoms with Gasteiger partial charge in [0, 0.05) is 18.3 Å². The number of aliphatic imine (C=N–C) groups is 1. The van der Waals surface area contributed by atoms with E-state index in [9.17, 15) is 4.79 Å². The number of benzene rings is 2. The van der Waals surface area contributed by atoms with Crippen LogP contribution in [-0.4, -0.2) is 25.5 Å². The Kier molecular flexibility index (Phi) is 4.28. The third kappa shape index (κ3) is 3.18. The molecule has 0 aliphatic carbocycles. The Balaban J connectivity index is 1.98. The molecule has 2 aromatic rings. The van der Waals surface area contributed by atoms with E-state index in [2.05, 4.69) is 39.1 Å². The summed E-state index contributed by atoms with van der Waals surface area (Å²) in [5.41, 5.74) is 6.01. The minimum atomic E-state index is 0.680. The molecule has 1 aliphatic heterocycles. The van der Waals surface area contributed by atoms with Crippen molar-refractivity contribution in [1.82, 2.24) is 5.32 Å². The lowest BCUT2D eigenvalue weighted by Gasteiger charge is -2.15. The first-order chi connectivity index (χ1) is 11.2. The Bertz CT molecular complexity index is 768. The van der Waals surface area contributed by atoms with Gasteiger partial charge in [-0.1, -0.05) is 12.1 Å². The standard InChI is InChI=1S/C18H19N4O/c1-12-6-7-16(21-11-23)13(2)17(12)14-4-3-5-15(10-14)22-18-19-8-9-20-18/h3-6,10-11H,8-9H2,1-2H3,(H,21,23)(H2,19,20,22). The second kappa shape index (κ2) is 6.52. The smallest absolute Gasteiger partial charge is 0.211 e. The fraction of sp³-hybridized carbons (Fsp3) is 0.222. The molecule has 3 N–H and O–H groups in total. The third-order valence-corrected chi connectivity index (χ3v) is 3.87. The van der Waals surface area contributed by atoms with Gasteiger partial charge in [-0.3, -0.25) is 9.79 Å². The van der Waals surface area contributed by atoms with Gasteiger partial charge in [-0.15, -0.1) is 0 Å². The van der Waals surface area contributed by atoms with E-state index in [1.54, 1.807) is 0 Å². The van der Waals surface area contributed by atoms with Crippen LogP contribution in [-0.2, 0) is 4.79 Å². The summed E-state index contributed by atoms with van der Waals surface area (Å²) in [5, 5.41) is 9.19. The lowest BCUT2D eigenvalue weighted by atomic mass is 9.94. The normalized spacial score (nSPS) is 13.2. The predicted molar refractivity (Wildman–Crippen MR) is 93.8 cm³/mol.